The Bertz CT molecular complexity index is 1720. The number of nitrogens with two attached hydrogens (primary N) is 1. The Balaban J connectivity index is 1.35. The molecule has 1 amide bonds. The number of ether oxygens (including phenoxy) is 1. The van der Waals surface area contributed by atoms with Gasteiger partial charge in [-0.2, -0.15) is 9.97 Å². The van der Waals surface area contributed by atoms with E-state index in [0.717, 1.165) is 37.1 Å². The van der Waals surface area contributed by atoms with Crippen molar-refractivity contribution < 1.29 is 22.7 Å². The number of rotatable bonds is 6. The van der Waals surface area contributed by atoms with Crippen LogP contribution in [0.4, 0.5) is 24.1 Å². The third kappa shape index (κ3) is 4.49. The van der Waals surface area contributed by atoms with E-state index in [0.29, 0.717) is 50.3 Å². The molecule has 9 nitrogen and oxygen atoms in total. The SMILES string of the molecule is Nc1nc2c(-c3c(Cl)cc4c(N5CCN(C=O)CC5)nc(OC[C@@]56CCCN5C[C@H](F)C6)nc4c3F)ccc(F)c2s1. The largest absolute Gasteiger partial charge is 0.461 e. The van der Waals surface area contributed by atoms with Gasteiger partial charge in [-0.15, -0.1) is 0 Å². The molecular weight excluding hydrogens is 591 g/mol. The summed E-state index contributed by atoms with van der Waals surface area (Å²) in [5.41, 5.74) is 5.90. The van der Waals surface area contributed by atoms with Gasteiger partial charge in [0.25, 0.3) is 0 Å². The Morgan fingerprint density at radius 1 is 1.14 bits per heavy atom. The van der Waals surface area contributed by atoms with Crippen LogP contribution < -0.4 is 15.4 Å². The van der Waals surface area contributed by atoms with Crippen molar-refractivity contribution in [2.45, 2.75) is 31.0 Å². The van der Waals surface area contributed by atoms with Crippen LogP contribution >= 0.6 is 22.9 Å². The normalized spacial score (nSPS) is 22.8. The first kappa shape index (κ1) is 27.4. The number of hydrogen-bond donors (Lipinski definition) is 1. The smallest absolute Gasteiger partial charge is 0.319 e. The van der Waals surface area contributed by atoms with Crippen molar-refractivity contribution >= 4 is 61.4 Å². The zero-order chi connectivity index (χ0) is 29.2. The highest BCUT2D eigenvalue weighted by atomic mass is 35.5. The number of alkyl halides is 1. The molecule has 0 aliphatic carbocycles. The molecule has 220 valence electrons. The lowest BCUT2D eigenvalue weighted by molar-refractivity contribution is -0.118. The van der Waals surface area contributed by atoms with Gasteiger partial charge < -0.3 is 20.3 Å². The molecule has 0 radical (unpaired) electrons. The summed E-state index contributed by atoms with van der Waals surface area (Å²) in [4.78, 5) is 30.4. The van der Waals surface area contributed by atoms with Gasteiger partial charge in [0.1, 0.15) is 29.9 Å². The fourth-order valence-corrected chi connectivity index (χ4v) is 7.65. The highest BCUT2D eigenvalue weighted by molar-refractivity contribution is 7.22. The summed E-state index contributed by atoms with van der Waals surface area (Å²) in [5, 5.41) is 0.589. The molecule has 2 aromatic carbocycles. The number of fused-ring (bicyclic) bond motifs is 3. The van der Waals surface area contributed by atoms with Crippen molar-refractivity contribution in [1.29, 1.82) is 0 Å². The van der Waals surface area contributed by atoms with E-state index >= 15 is 4.39 Å². The average molecular weight is 618 g/mol. The molecule has 0 unspecified atom stereocenters. The third-order valence-corrected chi connectivity index (χ3v) is 9.81. The molecule has 2 N–H and O–H groups in total. The molecule has 0 saturated carbocycles. The first-order valence-corrected chi connectivity index (χ1v) is 15.0. The van der Waals surface area contributed by atoms with Crippen molar-refractivity contribution in [2.75, 3.05) is 56.5 Å². The highest BCUT2D eigenvalue weighted by Crippen LogP contribution is 2.44. The average Bonchev–Trinajstić information content (AvgIpc) is 3.65. The molecule has 7 rings (SSSR count). The van der Waals surface area contributed by atoms with E-state index in [4.69, 9.17) is 22.1 Å². The molecular formula is C28H27ClF3N7O2S. The molecule has 5 heterocycles. The molecule has 0 spiro atoms. The molecule has 2 atom stereocenters. The van der Waals surface area contributed by atoms with Crippen LogP contribution in [0.2, 0.25) is 5.02 Å². The second-order valence-electron chi connectivity index (χ2n) is 11.1. The van der Waals surface area contributed by atoms with E-state index in [1.165, 1.54) is 12.1 Å². The van der Waals surface area contributed by atoms with E-state index in [2.05, 4.69) is 19.9 Å². The number of carbonyl (C=O) groups excluding carboxylic acids is 1. The van der Waals surface area contributed by atoms with Gasteiger partial charge >= 0.3 is 6.01 Å². The van der Waals surface area contributed by atoms with Crippen LogP contribution in [0.3, 0.4) is 0 Å². The predicted octanol–water partition coefficient (Wildman–Crippen LogP) is 4.65. The number of amides is 1. The summed E-state index contributed by atoms with van der Waals surface area (Å²) in [5.74, 6) is -0.828. The Morgan fingerprint density at radius 2 is 1.95 bits per heavy atom. The van der Waals surface area contributed by atoms with E-state index in [-0.39, 0.29) is 49.6 Å². The topological polar surface area (TPSA) is 101 Å². The van der Waals surface area contributed by atoms with Crippen LogP contribution in [-0.2, 0) is 4.79 Å². The number of anilines is 2. The lowest BCUT2D eigenvalue weighted by atomic mass is 9.95. The molecule has 2 aromatic heterocycles. The zero-order valence-corrected chi connectivity index (χ0v) is 24.0. The monoisotopic (exact) mass is 617 g/mol. The maximum atomic E-state index is 16.6. The van der Waals surface area contributed by atoms with Crippen molar-refractivity contribution in [3.63, 3.8) is 0 Å². The molecule has 0 bridgehead atoms. The van der Waals surface area contributed by atoms with Gasteiger partial charge in [-0.25, -0.2) is 18.2 Å². The Labute approximate surface area is 248 Å². The van der Waals surface area contributed by atoms with Gasteiger partial charge in [0.05, 0.1) is 20.8 Å². The van der Waals surface area contributed by atoms with Gasteiger partial charge in [-0.05, 0) is 37.6 Å². The first-order chi connectivity index (χ1) is 20.3. The van der Waals surface area contributed by atoms with Crippen LogP contribution in [0.5, 0.6) is 6.01 Å². The number of hydrogen-bond acceptors (Lipinski definition) is 9. The number of halogens is 4. The Kier molecular flexibility index (Phi) is 6.78. The maximum absolute atomic E-state index is 16.6. The van der Waals surface area contributed by atoms with E-state index in [9.17, 15) is 13.6 Å². The van der Waals surface area contributed by atoms with Gasteiger partial charge in [-0.1, -0.05) is 22.9 Å². The fraction of sp³-hybridized carbons (Fsp3) is 0.429. The summed E-state index contributed by atoms with van der Waals surface area (Å²) in [7, 11) is 0. The summed E-state index contributed by atoms with van der Waals surface area (Å²) in [6.45, 7) is 3.21. The molecule has 3 saturated heterocycles. The van der Waals surface area contributed by atoms with Gasteiger partial charge in [0.15, 0.2) is 10.9 Å². The van der Waals surface area contributed by atoms with Crippen LogP contribution in [0.25, 0.3) is 32.2 Å². The zero-order valence-electron chi connectivity index (χ0n) is 22.5. The Hall–Kier alpha value is -3.42. The first-order valence-electron chi connectivity index (χ1n) is 13.8. The van der Waals surface area contributed by atoms with E-state index in [1.807, 2.05) is 4.90 Å². The minimum Gasteiger partial charge on any atom is -0.461 e. The quantitative estimate of drug-likeness (QED) is 0.312. The lowest BCUT2D eigenvalue weighted by Crippen LogP contribution is -2.46. The van der Waals surface area contributed by atoms with Crippen LogP contribution in [0.15, 0.2) is 18.2 Å². The number of thiazole rings is 1. The summed E-state index contributed by atoms with van der Waals surface area (Å²) in [6.07, 6.45) is 1.99. The second kappa shape index (κ2) is 10.4. The van der Waals surface area contributed by atoms with Gasteiger partial charge in [0, 0.05) is 55.7 Å². The van der Waals surface area contributed by atoms with E-state index < -0.39 is 23.3 Å². The molecule has 42 heavy (non-hydrogen) atoms. The maximum Gasteiger partial charge on any atom is 0.319 e. The molecule has 3 fully saturated rings. The number of benzene rings is 2. The summed E-state index contributed by atoms with van der Waals surface area (Å²) < 4.78 is 51.8. The minimum absolute atomic E-state index is 0.0115. The summed E-state index contributed by atoms with van der Waals surface area (Å²) in [6, 6.07) is 4.21. The number of nitrogen functional groups attached to an aromatic ring is 1. The van der Waals surface area contributed by atoms with E-state index in [1.54, 1.807) is 11.0 Å². The highest BCUT2D eigenvalue weighted by Gasteiger charge is 2.49. The number of carbonyl (C=O) groups is 1. The molecule has 3 aliphatic rings. The third-order valence-electron chi connectivity index (χ3n) is 8.62. The standard InChI is InChI=1S/C28H27ClF3N7O2S/c29-18-10-17-22(21(32)20(18)16-2-3-19(31)24-23(16)34-26(33)42-24)35-27(36-25(17)38-8-6-37(14-40)7-9-38)41-13-28-4-1-5-39(28)12-15(30)11-28/h2-3,10,14-15H,1,4-9,11-13H2,(H2,33,34)/t15-,28+/m1/s1. The molecule has 14 heteroatoms. The second-order valence-corrected chi connectivity index (χ2v) is 12.5. The van der Waals surface area contributed by atoms with Gasteiger partial charge in [-0.3, -0.25) is 9.69 Å². The number of aromatic nitrogens is 3. The van der Waals surface area contributed by atoms with Crippen molar-refractivity contribution in [1.82, 2.24) is 24.8 Å². The van der Waals surface area contributed by atoms with Crippen LogP contribution in [0, 0.1) is 11.6 Å². The molecule has 4 aromatic rings. The van der Waals surface area contributed by atoms with Crippen molar-refractivity contribution in [3.8, 4) is 17.1 Å². The lowest BCUT2D eigenvalue weighted by Gasteiger charge is -2.34. The van der Waals surface area contributed by atoms with Crippen molar-refractivity contribution in [3.05, 3.63) is 34.9 Å². The predicted molar refractivity (Wildman–Crippen MR) is 156 cm³/mol. The Morgan fingerprint density at radius 3 is 2.74 bits per heavy atom. The summed E-state index contributed by atoms with van der Waals surface area (Å²) >= 11 is 7.69. The van der Waals surface area contributed by atoms with Crippen LogP contribution in [-0.4, -0.2) is 88.7 Å². The van der Waals surface area contributed by atoms with Gasteiger partial charge in [0.2, 0.25) is 6.41 Å². The van der Waals surface area contributed by atoms with Crippen LogP contribution in [0.1, 0.15) is 19.3 Å². The van der Waals surface area contributed by atoms with Crippen molar-refractivity contribution in [2.24, 2.45) is 0 Å². The minimum atomic E-state index is -0.925. The fourth-order valence-electron chi connectivity index (χ4n) is 6.59. The number of nitrogens with zero attached hydrogens (tertiary/aromatic N) is 6. The molecule has 3 aliphatic heterocycles. The number of piperazine rings is 1.